The second-order valence-corrected chi connectivity index (χ2v) is 8.14. The molecule has 33 heavy (non-hydrogen) atoms. The number of aromatic nitrogens is 3. The highest BCUT2D eigenvalue weighted by atomic mass is 19.4. The summed E-state index contributed by atoms with van der Waals surface area (Å²) in [5.74, 6) is -0.0959. The van der Waals surface area contributed by atoms with E-state index in [1.807, 2.05) is 13.8 Å². The molecule has 0 spiro atoms. The van der Waals surface area contributed by atoms with Crippen LogP contribution >= 0.6 is 0 Å². The second kappa shape index (κ2) is 8.68. The molecule has 5 nitrogen and oxygen atoms in total. The molecule has 178 valence electrons. The van der Waals surface area contributed by atoms with Gasteiger partial charge in [-0.05, 0) is 48.2 Å². The Bertz CT molecular complexity index is 1160. The molecule has 0 aliphatic carbocycles. The van der Waals surface area contributed by atoms with E-state index in [0.717, 1.165) is 11.1 Å². The van der Waals surface area contributed by atoms with Crippen LogP contribution in [-0.2, 0) is 30.6 Å². The molecule has 0 atom stereocenters. The molecule has 3 rings (SSSR count). The van der Waals surface area contributed by atoms with Crippen molar-refractivity contribution in [2.24, 2.45) is 7.05 Å². The molecule has 3 aromatic rings. The van der Waals surface area contributed by atoms with Gasteiger partial charge in [-0.2, -0.15) is 31.4 Å². The summed E-state index contributed by atoms with van der Waals surface area (Å²) in [5.41, 5.74) is -0.144. The fraction of sp³-hybridized carbons (Fsp3) is 0.409. The first-order chi connectivity index (χ1) is 15.2. The summed E-state index contributed by atoms with van der Waals surface area (Å²) in [6.45, 7) is 5.45. The van der Waals surface area contributed by atoms with E-state index in [1.165, 1.54) is 0 Å². The van der Waals surface area contributed by atoms with E-state index >= 15 is 0 Å². The van der Waals surface area contributed by atoms with E-state index < -0.39 is 35.7 Å². The maximum Gasteiger partial charge on any atom is 0.416 e. The predicted molar refractivity (Wildman–Crippen MR) is 111 cm³/mol. The molecule has 0 saturated carbocycles. The molecule has 0 unspecified atom stereocenters. The van der Waals surface area contributed by atoms with Gasteiger partial charge < -0.3 is 5.32 Å². The summed E-state index contributed by atoms with van der Waals surface area (Å²) < 4.78 is 79.9. The number of fused-ring (bicyclic) bond motifs is 1. The Morgan fingerprint density at radius 3 is 2.12 bits per heavy atom. The van der Waals surface area contributed by atoms with E-state index in [-0.39, 0.29) is 24.1 Å². The average Bonchev–Trinajstić information content (AvgIpc) is 2.98. The topological polar surface area (TPSA) is 59.8 Å². The zero-order valence-electron chi connectivity index (χ0n) is 18.3. The van der Waals surface area contributed by atoms with Gasteiger partial charge in [-0.15, -0.1) is 0 Å². The molecular weight excluding hydrogens is 450 g/mol. The number of ketones is 1. The first-order valence-corrected chi connectivity index (χ1v) is 10.0. The third kappa shape index (κ3) is 5.45. The fourth-order valence-electron chi connectivity index (χ4n) is 3.60. The Kier molecular flexibility index (Phi) is 6.45. The van der Waals surface area contributed by atoms with Crippen LogP contribution in [-0.4, -0.2) is 27.1 Å². The van der Waals surface area contributed by atoms with Gasteiger partial charge in [0.15, 0.2) is 5.78 Å². The number of anilines is 1. The van der Waals surface area contributed by atoms with Crippen LogP contribution in [0.3, 0.4) is 0 Å². The van der Waals surface area contributed by atoms with Crippen molar-refractivity contribution in [1.29, 1.82) is 0 Å². The highest BCUT2D eigenvalue weighted by Crippen LogP contribution is 2.36. The van der Waals surface area contributed by atoms with Gasteiger partial charge in [-0.3, -0.25) is 9.48 Å². The molecule has 0 amide bonds. The van der Waals surface area contributed by atoms with E-state index in [2.05, 4.69) is 15.4 Å². The van der Waals surface area contributed by atoms with Crippen LogP contribution in [0.25, 0.3) is 11.0 Å². The van der Waals surface area contributed by atoms with Gasteiger partial charge in [0.25, 0.3) is 0 Å². The van der Waals surface area contributed by atoms with Crippen LogP contribution in [0.5, 0.6) is 0 Å². The van der Waals surface area contributed by atoms with Crippen LogP contribution in [0.2, 0.25) is 0 Å². The first kappa shape index (κ1) is 24.5. The third-order valence-electron chi connectivity index (χ3n) is 5.13. The molecule has 0 radical (unpaired) electrons. The van der Waals surface area contributed by atoms with Crippen molar-refractivity contribution < 1.29 is 31.1 Å². The zero-order valence-corrected chi connectivity index (χ0v) is 18.3. The van der Waals surface area contributed by atoms with Gasteiger partial charge in [0.2, 0.25) is 0 Å². The number of aryl methyl sites for hydroxylation is 2. The third-order valence-corrected chi connectivity index (χ3v) is 5.13. The predicted octanol–water partition coefficient (Wildman–Crippen LogP) is 5.66. The minimum atomic E-state index is -4.97. The maximum absolute atomic E-state index is 13.0. The largest absolute Gasteiger partial charge is 0.416 e. The summed E-state index contributed by atoms with van der Waals surface area (Å²) in [6, 6.07) is 2.92. The Morgan fingerprint density at radius 1 is 1.03 bits per heavy atom. The number of benzene rings is 1. The van der Waals surface area contributed by atoms with Crippen LogP contribution < -0.4 is 5.32 Å². The fourth-order valence-corrected chi connectivity index (χ4v) is 3.60. The molecular formula is C22H22F6N4O. The van der Waals surface area contributed by atoms with Crippen molar-refractivity contribution >= 4 is 22.6 Å². The van der Waals surface area contributed by atoms with Crippen molar-refractivity contribution in [2.45, 2.75) is 45.5 Å². The summed E-state index contributed by atoms with van der Waals surface area (Å²) in [4.78, 5) is 16.9. The van der Waals surface area contributed by atoms with Crippen molar-refractivity contribution in [3.05, 3.63) is 52.2 Å². The lowest BCUT2D eigenvalue weighted by atomic mass is 10.0. The van der Waals surface area contributed by atoms with Gasteiger partial charge >= 0.3 is 12.4 Å². The lowest BCUT2D eigenvalue weighted by molar-refractivity contribution is -0.143. The molecule has 11 heteroatoms. The lowest BCUT2D eigenvalue weighted by Crippen LogP contribution is -2.18. The molecule has 0 aliphatic rings. The van der Waals surface area contributed by atoms with Gasteiger partial charge in [0.1, 0.15) is 11.3 Å². The summed E-state index contributed by atoms with van der Waals surface area (Å²) in [6.07, 6.45) is -10.5. The monoisotopic (exact) mass is 472 g/mol. The highest BCUT2D eigenvalue weighted by molar-refractivity contribution is 5.86. The number of halogens is 6. The number of Topliss-reactive ketones (excluding diaryl/α,β-unsaturated/α-hetero) is 1. The molecule has 2 heterocycles. The summed E-state index contributed by atoms with van der Waals surface area (Å²) >= 11 is 0. The van der Waals surface area contributed by atoms with Gasteiger partial charge in [0, 0.05) is 13.5 Å². The molecule has 0 saturated heterocycles. The van der Waals surface area contributed by atoms with E-state index in [9.17, 15) is 31.1 Å². The standard InChI is InChI=1S/C22H22F6N4O/c1-11(2)17-9-18(30-19-12(3)31-32(4)20(17)19)29-10-16(33)7-13-5-14(21(23,24)25)8-15(6-13)22(26,27)28/h5-6,8-9,11H,7,10H2,1-4H3,(H,29,30). The summed E-state index contributed by atoms with van der Waals surface area (Å²) in [5, 5.41) is 7.19. The number of pyridine rings is 1. The van der Waals surface area contributed by atoms with Gasteiger partial charge in [0.05, 0.1) is 28.9 Å². The van der Waals surface area contributed by atoms with Crippen LogP contribution in [0.4, 0.5) is 32.2 Å². The highest BCUT2D eigenvalue weighted by Gasteiger charge is 2.37. The van der Waals surface area contributed by atoms with Crippen LogP contribution in [0.15, 0.2) is 24.3 Å². The molecule has 0 aliphatic heterocycles. The van der Waals surface area contributed by atoms with Crippen LogP contribution in [0.1, 0.15) is 47.7 Å². The number of nitrogens with one attached hydrogen (secondary N) is 1. The minimum absolute atomic E-state index is 0.0367. The number of hydrogen-bond donors (Lipinski definition) is 1. The van der Waals surface area contributed by atoms with Crippen molar-refractivity contribution in [2.75, 3.05) is 11.9 Å². The molecule has 2 aromatic heterocycles. The van der Waals surface area contributed by atoms with Crippen molar-refractivity contribution in [1.82, 2.24) is 14.8 Å². The van der Waals surface area contributed by atoms with Crippen molar-refractivity contribution in [3.8, 4) is 0 Å². The van der Waals surface area contributed by atoms with Crippen molar-refractivity contribution in [3.63, 3.8) is 0 Å². The normalized spacial score (nSPS) is 12.6. The van der Waals surface area contributed by atoms with Crippen LogP contribution in [0, 0.1) is 6.92 Å². The Balaban J connectivity index is 1.82. The number of hydrogen-bond acceptors (Lipinski definition) is 4. The minimum Gasteiger partial charge on any atom is -0.363 e. The quantitative estimate of drug-likeness (QED) is 0.471. The van der Waals surface area contributed by atoms with Gasteiger partial charge in [-0.25, -0.2) is 4.98 Å². The maximum atomic E-state index is 13.0. The SMILES string of the molecule is Cc1nn(C)c2c(C(C)C)cc(NCC(=O)Cc3cc(C(F)(F)F)cc(C(F)(F)F)c3)nc12. The number of rotatable bonds is 6. The lowest BCUT2D eigenvalue weighted by Gasteiger charge is -2.14. The zero-order chi connectivity index (χ0) is 24.7. The van der Waals surface area contributed by atoms with E-state index in [1.54, 1.807) is 24.7 Å². The second-order valence-electron chi connectivity index (χ2n) is 8.14. The number of carbonyl (C=O) groups is 1. The first-order valence-electron chi connectivity index (χ1n) is 10.0. The number of nitrogens with zero attached hydrogens (tertiary/aromatic N) is 3. The number of carbonyl (C=O) groups excluding carboxylic acids is 1. The summed E-state index contributed by atoms with van der Waals surface area (Å²) in [7, 11) is 1.80. The Labute approximate surface area is 185 Å². The Morgan fingerprint density at radius 2 is 1.61 bits per heavy atom. The van der Waals surface area contributed by atoms with E-state index in [4.69, 9.17) is 0 Å². The van der Waals surface area contributed by atoms with E-state index in [0.29, 0.717) is 29.2 Å². The Hall–Kier alpha value is -3.11. The molecule has 0 fully saturated rings. The van der Waals surface area contributed by atoms with Gasteiger partial charge in [-0.1, -0.05) is 13.8 Å². The smallest absolute Gasteiger partial charge is 0.363 e. The molecule has 1 N–H and O–H groups in total. The molecule has 0 bridgehead atoms. The molecule has 1 aromatic carbocycles. The average molecular weight is 472 g/mol. The number of alkyl halides is 6.